The summed E-state index contributed by atoms with van der Waals surface area (Å²) in [7, 11) is 4.13. The van der Waals surface area contributed by atoms with Gasteiger partial charge in [0, 0.05) is 5.57 Å². The normalized spacial score (nSPS) is 10.1. The Balaban J connectivity index is 0. The summed E-state index contributed by atoms with van der Waals surface area (Å²) in [5, 5.41) is 0. The van der Waals surface area contributed by atoms with Gasteiger partial charge in [0.05, 0.1) is 20.6 Å². The molecule has 0 fully saturated rings. The molecule has 0 rings (SSSR count). The van der Waals surface area contributed by atoms with Crippen LogP contribution in [0.4, 0.5) is 0 Å². The van der Waals surface area contributed by atoms with Gasteiger partial charge >= 0.3 is 5.97 Å². The molecule has 0 aromatic rings. The number of carbonyl (C=O) groups excluding carboxylic acids is 1. The van der Waals surface area contributed by atoms with Crippen LogP contribution in [0.5, 0.6) is 0 Å². The van der Waals surface area contributed by atoms with E-state index in [1.165, 1.54) is 0 Å². The second kappa shape index (κ2) is 7.65. The molecule has 0 saturated carbocycles. The number of likely N-dealkylation sites (N-methyl/N-ethyl adjacent to an activating group) is 1. The van der Waals surface area contributed by atoms with E-state index in [0.717, 1.165) is 17.6 Å². The standard InChI is InChI=1S/C11H20NO2.BrH/c1-6-7-12(4,5)8-9-14-11(13)10(2)3;/h6H,1-2,7-9H2,3-5H3;1H/q+1;/p-1. The number of hydrogen-bond donors (Lipinski definition) is 0. The fourth-order valence-corrected chi connectivity index (χ4v) is 0.949. The third-order valence-electron chi connectivity index (χ3n) is 1.90. The van der Waals surface area contributed by atoms with E-state index in [9.17, 15) is 4.79 Å². The third-order valence-corrected chi connectivity index (χ3v) is 1.90. The van der Waals surface area contributed by atoms with Crippen molar-refractivity contribution >= 4 is 5.97 Å². The van der Waals surface area contributed by atoms with E-state index in [1.807, 2.05) is 6.08 Å². The van der Waals surface area contributed by atoms with Crippen molar-refractivity contribution in [2.75, 3.05) is 33.8 Å². The lowest BCUT2D eigenvalue weighted by Gasteiger charge is -2.27. The van der Waals surface area contributed by atoms with Gasteiger partial charge in [0.25, 0.3) is 0 Å². The average Bonchev–Trinajstić information content (AvgIpc) is 2.03. The highest BCUT2D eigenvalue weighted by molar-refractivity contribution is 5.86. The first-order valence-corrected chi connectivity index (χ1v) is 4.64. The van der Waals surface area contributed by atoms with Crippen LogP contribution >= 0.6 is 0 Å². The first-order valence-electron chi connectivity index (χ1n) is 4.64. The molecule has 0 spiro atoms. The first-order chi connectivity index (χ1) is 6.39. The number of carbonyl (C=O) groups is 1. The van der Waals surface area contributed by atoms with E-state index in [4.69, 9.17) is 4.74 Å². The average molecular weight is 278 g/mol. The zero-order chi connectivity index (χ0) is 11.2. The molecular formula is C11H20BrNO2. The van der Waals surface area contributed by atoms with Crippen LogP contribution in [-0.2, 0) is 9.53 Å². The smallest absolute Gasteiger partial charge is 0.333 e. The number of nitrogens with zero attached hydrogens (tertiary/aromatic N) is 1. The summed E-state index contributed by atoms with van der Waals surface area (Å²) in [5.74, 6) is -0.316. The first kappa shape index (κ1) is 16.8. The molecule has 0 bridgehead atoms. The maximum atomic E-state index is 11.0. The molecular weight excluding hydrogens is 258 g/mol. The highest BCUT2D eigenvalue weighted by atomic mass is 79.9. The lowest BCUT2D eigenvalue weighted by Crippen LogP contribution is -3.00. The van der Waals surface area contributed by atoms with Crippen LogP contribution in [0.15, 0.2) is 24.8 Å². The molecule has 88 valence electrons. The molecule has 0 aliphatic rings. The maximum absolute atomic E-state index is 11.0. The highest BCUT2D eigenvalue weighted by Crippen LogP contribution is 1.98. The molecule has 0 atom stereocenters. The summed E-state index contributed by atoms with van der Waals surface area (Å²) >= 11 is 0. The van der Waals surface area contributed by atoms with Crippen molar-refractivity contribution in [3.05, 3.63) is 24.8 Å². The molecule has 0 saturated heterocycles. The van der Waals surface area contributed by atoms with Gasteiger partial charge in [0.15, 0.2) is 0 Å². The van der Waals surface area contributed by atoms with E-state index in [-0.39, 0.29) is 23.0 Å². The summed E-state index contributed by atoms with van der Waals surface area (Å²) in [6.45, 7) is 10.9. The SMILES string of the molecule is C=CC[N+](C)(C)CCOC(=O)C(=C)C.[Br-]. The van der Waals surface area contributed by atoms with Gasteiger partial charge in [-0.15, -0.1) is 0 Å². The van der Waals surface area contributed by atoms with Crippen LogP contribution in [0.1, 0.15) is 6.92 Å². The number of quaternary nitrogens is 1. The van der Waals surface area contributed by atoms with E-state index < -0.39 is 0 Å². The minimum atomic E-state index is -0.316. The second-order valence-electron chi connectivity index (χ2n) is 4.05. The van der Waals surface area contributed by atoms with Gasteiger partial charge in [0.1, 0.15) is 13.2 Å². The Bertz CT molecular complexity index is 237. The predicted molar refractivity (Wildman–Crippen MR) is 57.8 cm³/mol. The van der Waals surface area contributed by atoms with Crippen molar-refractivity contribution in [2.24, 2.45) is 0 Å². The Hall–Kier alpha value is -0.610. The quantitative estimate of drug-likeness (QED) is 0.252. The number of ether oxygens (including phenoxy) is 1. The molecule has 0 unspecified atom stereocenters. The number of rotatable bonds is 6. The second-order valence-corrected chi connectivity index (χ2v) is 4.05. The molecule has 3 nitrogen and oxygen atoms in total. The van der Waals surface area contributed by atoms with Crippen LogP contribution in [0, 0.1) is 0 Å². The van der Waals surface area contributed by atoms with Crippen LogP contribution in [-0.4, -0.2) is 44.2 Å². The van der Waals surface area contributed by atoms with Gasteiger partial charge in [-0.3, -0.25) is 0 Å². The fourth-order valence-electron chi connectivity index (χ4n) is 0.949. The minimum Gasteiger partial charge on any atom is -1.00 e. The molecule has 0 aliphatic heterocycles. The molecule has 0 heterocycles. The van der Waals surface area contributed by atoms with Gasteiger partial charge in [-0.2, -0.15) is 0 Å². The predicted octanol–water partition coefficient (Wildman–Crippen LogP) is -1.63. The molecule has 0 aliphatic carbocycles. The monoisotopic (exact) mass is 277 g/mol. The summed E-state index contributed by atoms with van der Waals surface area (Å²) < 4.78 is 5.77. The Kier molecular flexibility index (Phi) is 8.57. The Morgan fingerprint density at radius 1 is 1.47 bits per heavy atom. The van der Waals surface area contributed by atoms with Gasteiger partial charge in [-0.05, 0) is 13.0 Å². The van der Waals surface area contributed by atoms with E-state index in [1.54, 1.807) is 6.92 Å². The molecule has 0 amide bonds. The Morgan fingerprint density at radius 3 is 2.40 bits per heavy atom. The van der Waals surface area contributed by atoms with E-state index in [2.05, 4.69) is 27.3 Å². The van der Waals surface area contributed by atoms with E-state index in [0.29, 0.717) is 12.2 Å². The van der Waals surface area contributed by atoms with Crippen molar-refractivity contribution in [2.45, 2.75) is 6.92 Å². The van der Waals surface area contributed by atoms with Crippen LogP contribution in [0.2, 0.25) is 0 Å². The van der Waals surface area contributed by atoms with E-state index >= 15 is 0 Å². The van der Waals surface area contributed by atoms with Gasteiger partial charge < -0.3 is 26.2 Å². The zero-order valence-corrected chi connectivity index (χ0v) is 11.3. The zero-order valence-electron chi connectivity index (χ0n) is 9.75. The number of halogens is 1. The molecule has 15 heavy (non-hydrogen) atoms. The molecule has 4 heteroatoms. The van der Waals surface area contributed by atoms with Crippen LogP contribution < -0.4 is 17.0 Å². The highest BCUT2D eigenvalue weighted by Gasteiger charge is 2.13. The fraction of sp³-hybridized carbons (Fsp3) is 0.545. The molecule has 0 radical (unpaired) electrons. The van der Waals surface area contributed by atoms with Gasteiger partial charge in [-0.1, -0.05) is 13.2 Å². The lowest BCUT2D eigenvalue weighted by molar-refractivity contribution is -0.884. The van der Waals surface area contributed by atoms with Crippen molar-refractivity contribution in [3.8, 4) is 0 Å². The minimum absolute atomic E-state index is 0. The van der Waals surface area contributed by atoms with Crippen molar-refractivity contribution in [1.29, 1.82) is 0 Å². The summed E-state index contributed by atoms with van der Waals surface area (Å²) in [6, 6.07) is 0. The largest absolute Gasteiger partial charge is 1.00 e. The molecule has 0 N–H and O–H groups in total. The van der Waals surface area contributed by atoms with Crippen LogP contribution in [0.25, 0.3) is 0 Å². The number of hydrogen-bond acceptors (Lipinski definition) is 2. The summed E-state index contributed by atoms with van der Waals surface area (Å²) in [5.41, 5.74) is 0.444. The van der Waals surface area contributed by atoms with Crippen LogP contribution in [0.3, 0.4) is 0 Å². The van der Waals surface area contributed by atoms with Crippen molar-refractivity contribution in [3.63, 3.8) is 0 Å². The number of esters is 1. The maximum Gasteiger partial charge on any atom is 0.333 e. The Morgan fingerprint density at radius 2 is 2.00 bits per heavy atom. The summed E-state index contributed by atoms with van der Waals surface area (Å²) in [6.07, 6.45) is 1.86. The van der Waals surface area contributed by atoms with Crippen molar-refractivity contribution < 1.29 is 31.0 Å². The van der Waals surface area contributed by atoms with Crippen molar-refractivity contribution in [1.82, 2.24) is 0 Å². The Labute approximate surface area is 103 Å². The molecule has 0 aromatic heterocycles. The van der Waals surface area contributed by atoms with Gasteiger partial charge in [-0.25, -0.2) is 4.79 Å². The topological polar surface area (TPSA) is 26.3 Å². The molecule has 0 aromatic carbocycles. The lowest BCUT2D eigenvalue weighted by atomic mass is 10.4. The summed E-state index contributed by atoms with van der Waals surface area (Å²) in [4.78, 5) is 11.0. The van der Waals surface area contributed by atoms with Gasteiger partial charge in [0.2, 0.25) is 0 Å². The third kappa shape index (κ3) is 8.39.